The van der Waals surface area contributed by atoms with Gasteiger partial charge in [0.25, 0.3) is 11.3 Å². The number of rotatable bonds is 4. The molecule has 0 unspecified atom stereocenters. The second-order valence-corrected chi connectivity index (χ2v) is 7.60. The maximum absolute atomic E-state index is 12.1. The lowest BCUT2D eigenvalue weighted by Crippen LogP contribution is -2.37. The van der Waals surface area contributed by atoms with Gasteiger partial charge in [-0.25, -0.2) is 0 Å². The minimum Gasteiger partial charge on any atom is -0.503 e. The van der Waals surface area contributed by atoms with E-state index >= 15 is 0 Å². The van der Waals surface area contributed by atoms with Crippen LogP contribution in [-0.4, -0.2) is 32.4 Å². The van der Waals surface area contributed by atoms with Crippen LogP contribution >= 0.6 is 0 Å². The van der Waals surface area contributed by atoms with Gasteiger partial charge in [0.2, 0.25) is 0 Å². The number of carbonyl (C=O) groups is 1. The Balaban J connectivity index is 1.83. The van der Waals surface area contributed by atoms with E-state index in [0.717, 1.165) is 25.7 Å². The molecule has 1 aliphatic carbocycles. The standard InChI is InChI=1S/C21H24N4O3/c1-14-11-25(16-8-4-3-7-15(14)16)21(9-5-6-10-21)13-24-12-17(26)19(27)18(23-24)20(28)22-2/h3-4,7-8,11-12,26H,5-6,9-10,13H2,1-2H3,(H,22,28). The first-order valence-electron chi connectivity index (χ1n) is 9.55. The first-order chi connectivity index (χ1) is 13.4. The summed E-state index contributed by atoms with van der Waals surface area (Å²) in [6.45, 7) is 2.58. The van der Waals surface area contributed by atoms with Crippen molar-refractivity contribution < 1.29 is 9.90 Å². The fourth-order valence-electron chi connectivity index (χ4n) is 4.42. The molecular formula is C21H24N4O3. The molecule has 1 amide bonds. The minimum atomic E-state index is -0.752. The summed E-state index contributed by atoms with van der Waals surface area (Å²) in [6, 6.07) is 8.32. The van der Waals surface area contributed by atoms with E-state index < -0.39 is 17.1 Å². The molecular weight excluding hydrogens is 356 g/mol. The van der Waals surface area contributed by atoms with Gasteiger partial charge in [-0.3, -0.25) is 14.3 Å². The lowest BCUT2D eigenvalue weighted by Gasteiger charge is -2.32. The van der Waals surface area contributed by atoms with E-state index in [1.165, 1.54) is 34.4 Å². The highest BCUT2D eigenvalue weighted by Gasteiger charge is 2.37. The Bertz CT molecular complexity index is 1110. The molecule has 2 heterocycles. The number of aryl methyl sites for hydroxylation is 1. The zero-order valence-corrected chi connectivity index (χ0v) is 16.1. The summed E-state index contributed by atoms with van der Waals surface area (Å²) in [4.78, 5) is 24.1. The van der Waals surface area contributed by atoms with Gasteiger partial charge in [0, 0.05) is 24.1 Å². The first-order valence-corrected chi connectivity index (χ1v) is 9.55. The summed E-state index contributed by atoms with van der Waals surface area (Å²) < 4.78 is 3.86. The highest BCUT2D eigenvalue weighted by molar-refractivity contribution is 5.92. The van der Waals surface area contributed by atoms with Crippen LogP contribution in [0.1, 0.15) is 41.7 Å². The summed E-state index contributed by atoms with van der Waals surface area (Å²) in [7, 11) is 1.44. The molecule has 0 atom stereocenters. The molecule has 2 aromatic heterocycles. The fourth-order valence-corrected chi connectivity index (χ4v) is 4.42. The average molecular weight is 380 g/mol. The second kappa shape index (κ2) is 6.82. The van der Waals surface area contributed by atoms with E-state index in [1.54, 1.807) is 0 Å². The van der Waals surface area contributed by atoms with E-state index in [1.807, 2.05) is 12.1 Å². The van der Waals surface area contributed by atoms with Gasteiger partial charge < -0.3 is 15.0 Å². The van der Waals surface area contributed by atoms with Crippen molar-refractivity contribution in [1.82, 2.24) is 19.7 Å². The molecule has 28 heavy (non-hydrogen) atoms. The van der Waals surface area contributed by atoms with Crippen molar-refractivity contribution in [1.29, 1.82) is 0 Å². The average Bonchev–Trinajstić information content (AvgIpc) is 3.30. The molecule has 1 saturated carbocycles. The van der Waals surface area contributed by atoms with Gasteiger partial charge in [0.05, 0.1) is 18.3 Å². The number of aromatic nitrogens is 3. The third kappa shape index (κ3) is 2.87. The normalized spacial score (nSPS) is 15.8. The molecule has 2 N–H and O–H groups in total. The zero-order chi connectivity index (χ0) is 19.9. The van der Waals surface area contributed by atoms with E-state index in [9.17, 15) is 14.7 Å². The number of para-hydroxylation sites is 1. The molecule has 0 aliphatic heterocycles. The maximum atomic E-state index is 12.1. The molecule has 1 fully saturated rings. The Morgan fingerprint density at radius 1 is 1.25 bits per heavy atom. The van der Waals surface area contributed by atoms with Crippen molar-refractivity contribution in [2.75, 3.05) is 7.05 Å². The van der Waals surface area contributed by atoms with Gasteiger partial charge in [-0.2, -0.15) is 5.10 Å². The van der Waals surface area contributed by atoms with Crippen LogP contribution in [-0.2, 0) is 12.1 Å². The predicted molar refractivity (Wildman–Crippen MR) is 107 cm³/mol. The molecule has 0 saturated heterocycles. The third-order valence-electron chi connectivity index (χ3n) is 5.80. The molecule has 1 aliphatic rings. The SMILES string of the molecule is CNC(=O)c1nn(CC2(n3cc(C)c4ccccc43)CCCC2)cc(O)c1=O. The maximum Gasteiger partial charge on any atom is 0.275 e. The number of aromatic hydroxyl groups is 1. The summed E-state index contributed by atoms with van der Waals surface area (Å²) in [6.07, 6.45) is 7.63. The molecule has 4 rings (SSSR count). The Kier molecular flexibility index (Phi) is 4.45. The van der Waals surface area contributed by atoms with Crippen molar-refractivity contribution in [3.63, 3.8) is 0 Å². The van der Waals surface area contributed by atoms with Crippen molar-refractivity contribution in [2.24, 2.45) is 0 Å². The number of fused-ring (bicyclic) bond motifs is 1. The Hall–Kier alpha value is -3.09. The number of benzene rings is 1. The van der Waals surface area contributed by atoms with Gasteiger partial charge in [-0.15, -0.1) is 0 Å². The van der Waals surface area contributed by atoms with E-state index in [0.29, 0.717) is 6.54 Å². The molecule has 0 radical (unpaired) electrons. The van der Waals surface area contributed by atoms with Gasteiger partial charge in [0.1, 0.15) is 0 Å². The highest BCUT2D eigenvalue weighted by Crippen LogP contribution is 2.41. The van der Waals surface area contributed by atoms with E-state index in [-0.39, 0.29) is 11.2 Å². The van der Waals surface area contributed by atoms with E-state index in [4.69, 9.17) is 0 Å². The fraction of sp³-hybridized carbons (Fsp3) is 0.381. The number of hydrogen-bond donors (Lipinski definition) is 2. The van der Waals surface area contributed by atoms with Gasteiger partial charge in [-0.1, -0.05) is 31.0 Å². The van der Waals surface area contributed by atoms with E-state index in [2.05, 4.69) is 40.2 Å². The largest absolute Gasteiger partial charge is 0.503 e. The van der Waals surface area contributed by atoms with Crippen LogP contribution in [0.15, 0.2) is 41.5 Å². The minimum absolute atomic E-state index is 0.220. The third-order valence-corrected chi connectivity index (χ3v) is 5.80. The number of nitrogens with zero attached hydrogens (tertiary/aromatic N) is 3. The molecule has 0 spiro atoms. The number of carbonyl (C=O) groups excluding carboxylic acids is 1. The van der Waals surface area contributed by atoms with Gasteiger partial charge >= 0.3 is 0 Å². The molecule has 0 bridgehead atoms. The summed E-state index contributed by atoms with van der Waals surface area (Å²) in [5.74, 6) is -1.06. The monoisotopic (exact) mass is 380 g/mol. The van der Waals surface area contributed by atoms with Crippen LogP contribution in [0.25, 0.3) is 10.9 Å². The van der Waals surface area contributed by atoms with Crippen molar-refractivity contribution in [2.45, 2.75) is 44.7 Å². The Labute approximate surface area is 162 Å². The van der Waals surface area contributed by atoms with Gasteiger partial charge in [-0.05, 0) is 31.4 Å². The summed E-state index contributed by atoms with van der Waals surface area (Å²) in [5, 5.41) is 17.9. The second-order valence-electron chi connectivity index (χ2n) is 7.60. The van der Waals surface area contributed by atoms with Crippen LogP contribution < -0.4 is 10.7 Å². The lowest BCUT2D eigenvalue weighted by molar-refractivity contribution is 0.0952. The lowest BCUT2D eigenvalue weighted by atomic mass is 9.96. The zero-order valence-electron chi connectivity index (χ0n) is 16.1. The molecule has 7 heteroatoms. The molecule has 3 aromatic rings. The predicted octanol–water partition coefficient (Wildman–Crippen LogP) is 2.54. The van der Waals surface area contributed by atoms with Crippen LogP contribution in [0.3, 0.4) is 0 Å². The van der Waals surface area contributed by atoms with Crippen molar-refractivity contribution >= 4 is 16.8 Å². The number of amides is 1. The Morgan fingerprint density at radius 2 is 1.96 bits per heavy atom. The van der Waals surface area contributed by atoms with Crippen LogP contribution in [0.2, 0.25) is 0 Å². The van der Waals surface area contributed by atoms with Crippen molar-refractivity contribution in [3.05, 3.63) is 58.1 Å². The summed E-state index contributed by atoms with van der Waals surface area (Å²) >= 11 is 0. The summed E-state index contributed by atoms with van der Waals surface area (Å²) in [5.41, 5.74) is 1.12. The smallest absolute Gasteiger partial charge is 0.275 e. The first kappa shape index (κ1) is 18.3. The topological polar surface area (TPSA) is 89.2 Å². The Morgan fingerprint density at radius 3 is 2.68 bits per heavy atom. The quantitative estimate of drug-likeness (QED) is 0.728. The highest BCUT2D eigenvalue weighted by atomic mass is 16.3. The van der Waals surface area contributed by atoms with Gasteiger partial charge in [0.15, 0.2) is 11.4 Å². The van der Waals surface area contributed by atoms with Crippen LogP contribution in [0.5, 0.6) is 5.75 Å². The van der Waals surface area contributed by atoms with Crippen LogP contribution in [0, 0.1) is 6.92 Å². The number of hydrogen-bond acceptors (Lipinski definition) is 4. The molecule has 146 valence electrons. The number of nitrogens with one attached hydrogen (secondary N) is 1. The van der Waals surface area contributed by atoms with Crippen molar-refractivity contribution in [3.8, 4) is 5.75 Å². The molecule has 1 aromatic carbocycles. The molecule has 7 nitrogen and oxygen atoms in total. The van der Waals surface area contributed by atoms with Crippen LogP contribution in [0.4, 0.5) is 0 Å².